The number of nitrogens with two attached hydrogens (primary N) is 2. The van der Waals surface area contributed by atoms with Gasteiger partial charge in [-0.1, -0.05) is 51.3 Å². The van der Waals surface area contributed by atoms with Crippen molar-refractivity contribution < 1.29 is 96.5 Å². The molecule has 0 fully saturated rings. The second-order valence-electron chi connectivity index (χ2n) is 21.1. The van der Waals surface area contributed by atoms with Crippen LogP contribution in [0.25, 0.3) is 0 Å². The largest absolute Gasteiger partial charge is 0.508 e. The molecule has 0 atom stereocenters. The Balaban J connectivity index is 0.000000258. The molecule has 0 heterocycles. The van der Waals surface area contributed by atoms with Crippen molar-refractivity contribution in [1.29, 1.82) is 0 Å². The SMILES string of the molecule is C.C.Nc1ccc(OC(=O)c2cccc(C(=O)Oc3ccc(N)cc3)c2)cc1.O=C(Cl)c1cccc(C(=O)Cl)c1.O=C(Oc1ccc([N+](=O)[O-])cc1)c1cccc(C(=O)Oc2ccc([N+](=O)[O-])cc2)c1.O=C(Oc1ccc([N+](=O)[O-])cc1)c1cccc(C(=O)Oc2ccc([N+](=O)[O-])cc2)c1.O=[N+]([O-])c1ccc(O)cc1. The molecule has 0 saturated carbocycles. The molecule has 0 aliphatic heterocycles. The fraction of sp³-hybridized carbons (Fsp3) is 0.0263. The van der Waals surface area contributed by atoms with E-state index in [2.05, 4.69) is 0 Å². The summed E-state index contributed by atoms with van der Waals surface area (Å²) in [6.45, 7) is 0. The Morgan fingerprint density at radius 1 is 0.264 bits per heavy atom. The summed E-state index contributed by atoms with van der Waals surface area (Å²) in [6.07, 6.45) is 0. The number of ether oxygens (including phenoxy) is 6. The van der Waals surface area contributed by atoms with Crippen molar-refractivity contribution in [3.8, 4) is 40.2 Å². The summed E-state index contributed by atoms with van der Waals surface area (Å²) in [7, 11) is 0. The van der Waals surface area contributed by atoms with Gasteiger partial charge < -0.3 is 45.0 Å². The van der Waals surface area contributed by atoms with Crippen LogP contribution in [0.15, 0.2) is 267 Å². The van der Waals surface area contributed by atoms with Crippen LogP contribution in [0.5, 0.6) is 40.2 Å². The zero-order valence-electron chi connectivity index (χ0n) is 54.8. The van der Waals surface area contributed by atoms with E-state index in [0.717, 1.165) is 0 Å². The number of nitrogen functional groups attached to an aromatic ring is 2. The number of hydrogen-bond donors (Lipinski definition) is 3. The molecule has 11 rings (SSSR count). The summed E-state index contributed by atoms with van der Waals surface area (Å²) >= 11 is 10.4. The van der Waals surface area contributed by atoms with Crippen LogP contribution < -0.4 is 39.9 Å². The number of aromatic hydroxyl groups is 1. The molecule has 110 heavy (non-hydrogen) atoms. The van der Waals surface area contributed by atoms with Crippen LogP contribution in [-0.2, 0) is 0 Å². The number of anilines is 2. The predicted molar refractivity (Wildman–Crippen MR) is 398 cm³/mol. The van der Waals surface area contributed by atoms with E-state index in [0.29, 0.717) is 22.9 Å². The standard InChI is InChI=1S/2C20H12N2O8.C20H16N2O4.C8H4Cl2O2.C6H5NO3.2CH4/c2*23-19(29-17-8-4-15(5-9-17)21(25)26)13-2-1-3-14(12-13)20(24)30-18-10-6-16(7-11-18)22(27)28;21-15-4-8-17(9-5-15)25-19(23)13-2-1-3-14(12-13)20(24)26-18-10-6-16(22)7-11-18;9-7(11)5-2-1-3-6(4-5)8(10)12;8-6-3-1-5(2-4-6)7(9)10;;/h2*1-12H;1-12H,21-22H2;1-4H;1-4,8H;2*1H4. The first-order valence-electron chi connectivity index (χ1n) is 30.2. The third-order valence-electron chi connectivity index (χ3n) is 13.6. The molecule has 0 unspecified atom stereocenters. The number of benzene rings is 11. The van der Waals surface area contributed by atoms with E-state index in [1.807, 2.05) is 0 Å². The van der Waals surface area contributed by atoms with Gasteiger partial charge in [-0.3, -0.25) is 60.2 Å². The van der Waals surface area contributed by atoms with Gasteiger partial charge in [-0.05, 0) is 193 Å². The van der Waals surface area contributed by atoms with Crippen LogP contribution in [0.2, 0.25) is 0 Å². The number of rotatable bonds is 19. The van der Waals surface area contributed by atoms with E-state index < -0.39 is 70.9 Å². The van der Waals surface area contributed by atoms with Gasteiger partial charge in [0.25, 0.3) is 38.9 Å². The number of nitrogens with zero attached hydrogens (tertiary/aromatic N) is 5. The maximum Gasteiger partial charge on any atom is 0.343 e. The zero-order chi connectivity index (χ0) is 78.6. The summed E-state index contributed by atoms with van der Waals surface area (Å²) in [5.41, 5.74) is 13.0. The number of phenols is 1. The van der Waals surface area contributed by atoms with Gasteiger partial charge in [0.1, 0.15) is 40.2 Å². The van der Waals surface area contributed by atoms with Gasteiger partial charge in [0, 0.05) is 83.2 Å². The van der Waals surface area contributed by atoms with E-state index in [4.69, 9.17) is 68.2 Å². The van der Waals surface area contributed by atoms with Gasteiger partial charge in [-0.2, -0.15) is 0 Å². The zero-order valence-corrected chi connectivity index (χ0v) is 56.3. The minimum atomic E-state index is -0.770. The molecule has 560 valence electrons. The Hall–Kier alpha value is -15.4. The van der Waals surface area contributed by atoms with Gasteiger partial charge >= 0.3 is 35.8 Å². The van der Waals surface area contributed by atoms with Crippen LogP contribution in [0, 0.1) is 50.6 Å². The van der Waals surface area contributed by atoms with Gasteiger partial charge in [-0.25, -0.2) is 28.8 Å². The van der Waals surface area contributed by atoms with Crippen LogP contribution in [0.3, 0.4) is 0 Å². The first kappa shape index (κ1) is 85.2. The molecule has 0 aliphatic carbocycles. The molecular formula is C76H57Cl2N7O25. The number of esters is 6. The van der Waals surface area contributed by atoms with Gasteiger partial charge in [0.15, 0.2) is 0 Å². The second kappa shape index (κ2) is 41.2. The number of nitro groups is 5. The summed E-state index contributed by atoms with van der Waals surface area (Å²) in [4.78, 5) is 145. The average Bonchev–Trinajstić information content (AvgIpc) is 0.850. The van der Waals surface area contributed by atoms with Gasteiger partial charge in [-0.15, -0.1) is 0 Å². The number of phenolic OH excluding ortho intramolecular Hbond substituents is 1. The fourth-order valence-corrected chi connectivity index (χ4v) is 8.50. The lowest BCUT2D eigenvalue weighted by Gasteiger charge is -2.07. The smallest absolute Gasteiger partial charge is 0.343 e. The highest BCUT2D eigenvalue weighted by Crippen LogP contribution is 2.26. The summed E-state index contributed by atoms with van der Waals surface area (Å²) in [5.74, 6) is -3.09. The van der Waals surface area contributed by atoms with E-state index in [1.54, 1.807) is 72.8 Å². The Morgan fingerprint density at radius 3 is 0.591 bits per heavy atom. The van der Waals surface area contributed by atoms with Crippen LogP contribution in [0.1, 0.15) is 97.7 Å². The lowest BCUT2D eigenvalue weighted by molar-refractivity contribution is -0.385. The normalized spacial score (nSPS) is 9.80. The lowest BCUT2D eigenvalue weighted by Crippen LogP contribution is -2.12. The maximum atomic E-state index is 12.3. The number of halogens is 2. The quantitative estimate of drug-likeness (QED) is 0.0169. The molecule has 0 aliphatic rings. The third-order valence-corrected chi connectivity index (χ3v) is 14.0. The Bertz CT molecular complexity index is 4710. The highest BCUT2D eigenvalue weighted by atomic mass is 35.5. The number of carbonyl (C=O) groups is 8. The first-order valence-corrected chi connectivity index (χ1v) is 31.0. The van der Waals surface area contributed by atoms with E-state index in [9.17, 15) is 88.9 Å². The fourth-order valence-electron chi connectivity index (χ4n) is 8.27. The van der Waals surface area contributed by atoms with Crippen molar-refractivity contribution in [1.82, 2.24) is 0 Å². The number of nitro benzene ring substituents is 5. The Labute approximate surface area is 631 Å². The van der Waals surface area contributed by atoms with Crippen molar-refractivity contribution in [2.75, 3.05) is 11.5 Å². The lowest BCUT2D eigenvalue weighted by atomic mass is 10.1. The van der Waals surface area contributed by atoms with Gasteiger partial charge in [0.05, 0.1) is 58.0 Å². The molecule has 11 aromatic rings. The van der Waals surface area contributed by atoms with Crippen LogP contribution in [0.4, 0.5) is 39.8 Å². The Morgan fingerprint density at radius 2 is 0.418 bits per heavy atom. The van der Waals surface area contributed by atoms with E-state index in [-0.39, 0.29) is 117 Å². The summed E-state index contributed by atoms with van der Waals surface area (Å²) in [6, 6.07) is 60.9. The first-order chi connectivity index (χ1) is 51.5. The minimum Gasteiger partial charge on any atom is -0.508 e. The molecule has 0 aromatic heterocycles. The molecule has 11 aromatic carbocycles. The Kier molecular flexibility index (Phi) is 31.9. The van der Waals surface area contributed by atoms with Crippen molar-refractivity contribution in [3.05, 3.63) is 362 Å². The molecule has 0 saturated heterocycles. The number of carbonyl (C=O) groups excluding carboxylic acids is 8. The highest BCUT2D eigenvalue weighted by Gasteiger charge is 2.20. The summed E-state index contributed by atoms with van der Waals surface area (Å²) < 4.78 is 31.1. The molecule has 0 amide bonds. The molecule has 34 heteroatoms. The monoisotopic (exact) mass is 1540 g/mol. The molecule has 0 radical (unpaired) electrons. The molecule has 0 spiro atoms. The molecule has 32 nitrogen and oxygen atoms in total. The average molecular weight is 1540 g/mol. The van der Waals surface area contributed by atoms with Crippen LogP contribution >= 0.6 is 23.2 Å². The van der Waals surface area contributed by atoms with Crippen molar-refractivity contribution in [3.63, 3.8) is 0 Å². The van der Waals surface area contributed by atoms with E-state index in [1.165, 1.54) is 194 Å². The predicted octanol–water partition coefficient (Wildman–Crippen LogP) is 16.2. The van der Waals surface area contributed by atoms with Crippen molar-refractivity contribution in [2.45, 2.75) is 14.9 Å². The van der Waals surface area contributed by atoms with Crippen LogP contribution in [-0.4, -0.2) is 76.0 Å². The van der Waals surface area contributed by atoms with Crippen molar-refractivity contribution in [2.24, 2.45) is 0 Å². The minimum absolute atomic E-state index is 0. The highest BCUT2D eigenvalue weighted by molar-refractivity contribution is 6.69. The van der Waals surface area contributed by atoms with Gasteiger partial charge in [0.2, 0.25) is 0 Å². The molecule has 0 bridgehead atoms. The topological polar surface area (TPSA) is 480 Å². The second-order valence-corrected chi connectivity index (χ2v) is 21.8. The third kappa shape index (κ3) is 26.7. The number of hydrogen-bond acceptors (Lipinski definition) is 27. The number of non-ortho nitro benzene ring substituents is 5. The molecular weight excluding hydrogens is 1480 g/mol. The van der Waals surface area contributed by atoms with E-state index >= 15 is 0 Å². The summed E-state index contributed by atoms with van der Waals surface area (Å²) in [5, 5.41) is 60.2. The molecule has 5 N–H and O–H groups in total. The maximum absolute atomic E-state index is 12.3. The van der Waals surface area contributed by atoms with Crippen molar-refractivity contribution >= 4 is 109 Å².